The van der Waals surface area contributed by atoms with Crippen molar-refractivity contribution in [2.75, 3.05) is 13.2 Å². The van der Waals surface area contributed by atoms with Crippen LogP contribution in [0, 0.1) is 5.92 Å². The molecule has 0 aliphatic carbocycles. The van der Waals surface area contributed by atoms with Crippen LogP contribution in [-0.4, -0.2) is 37.2 Å². The molecule has 0 aromatic carbocycles. The van der Waals surface area contributed by atoms with Crippen molar-refractivity contribution in [3.8, 4) is 0 Å². The van der Waals surface area contributed by atoms with Crippen molar-refractivity contribution in [2.24, 2.45) is 5.92 Å². The molecule has 2 atom stereocenters. The van der Waals surface area contributed by atoms with Crippen molar-refractivity contribution in [3.05, 3.63) is 0 Å². The Bertz CT molecular complexity index is 813. The van der Waals surface area contributed by atoms with E-state index >= 15 is 0 Å². The Morgan fingerprint density at radius 3 is 0.963 bits per heavy atom. The molecule has 0 aromatic rings. The minimum Gasteiger partial charge on any atom is -0.462 e. The van der Waals surface area contributed by atoms with Gasteiger partial charge < -0.3 is 14.2 Å². The summed E-state index contributed by atoms with van der Waals surface area (Å²) in [6.45, 7) is 9.01. The molecule has 0 aliphatic rings. The minimum atomic E-state index is -0.759. The number of rotatable bonds is 43. The number of esters is 3. The first-order valence-electron chi connectivity index (χ1n) is 23.9. The number of unbranched alkanes of at least 4 members (excludes halogenated alkanes) is 29. The van der Waals surface area contributed by atoms with Crippen molar-refractivity contribution in [1.82, 2.24) is 0 Å². The van der Waals surface area contributed by atoms with Crippen LogP contribution in [-0.2, 0) is 28.6 Å². The Labute approximate surface area is 336 Å². The summed E-state index contributed by atoms with van der Waals surface area (Å²) in [6, 6.07) is 0. The zero-order valence-electron chi connectivity index (χ0n) is 36.7. The SMILES string of the molecule is CCCCCCCCCCCCCCCC(=O)OC[C@@H](COC(=O)CCCCCCCCCCCCC(C)CC)OC(=O)CCCCCCCCCCC. The second kappa shape index (κ2) is 42.6. The van der Waals surface area contributed by atoms with Crippen LogP contribution < -0.4 is 0 Å². The third-order valence-corrected chi connectivity index (χ3v) is 11.2. The molecule has 0 radical (unpaired) electrons. The topological polar surface area (TPSA) is 78.9 Å². The fourth-order valence-corrected chi connectivity index (χ4v) is 7.12. The average molecular weight is 765 g/mol. The summed E-state index contributed by atoms with van der Waals surface area (Å²) in [5.41, 5.74) is 0. The first kappa shape index (κ1) is 52.4. The fourth-order valence-electron chi connectivity index (χ4n) is 7.12. The molecule has 0 spiro atoms. The molecule has 0 N–H and O–H groups in total. The molecule has 0 saturated heterocycles. The van der Waals surface area contributed by atoms with Crippen molar-refractivity contribution in [1.29, 1.82) is 0 Å². The molecule has 0 heterocycles. The summed E-state index contributed by atoms with van der Waals surface area (Å²) in [5.74, 6) is 0.0167. The summed E-state index contributed by atoms with van der Waals surface area (Å²) in [6.07, 6.45) is 42.2. The predicted molar refractivity (Wildman–Crippen MR) is 229 cm³/mol. The van der Waals surface area contributed by atoms with E-state index in [4.69, 9.17) is 14.2 Å². The van der Waals surface area contributed by atoms with E-state index in [2.05, 4.69) is 27.7 Å². The van der Waals surface area contributed by atoms with Gasteiger partial charge in [-0.05, 0) is 25.2 Å². The lowest BCUT2D eigenvalue weighted by Gasteiger charge is -2.18. The summed E-state index contributed by atoms with van der Waals surface area (Å²) in [5, 5.41) is 0. The highest BCUT2D eigenvalue weighted by Crippen LogP contribution is 2.17. The maximum absolute atomic E-state index is 12.7. The first-order valence-corrected chi connectivity index (χ1v) is 23.9. The number of carbonyl (C=O) groups is 3. The van der Waals surface area contributed by atoms with Gasteiger partial charge in [-0.3, -0.25) is 14.4 Å². The number of carbonyl (C=O) groups excluding carboxylic acids is 3. The maximum atomic E-state index is 12.7. The average Bonchev–Trinajstić information content (AvgIpc) is 3.17. The van der Waals surface area contributed by atoms with Gasteiger partial charge in [-0.2, -0.15) is 0 Å². The van der Waals surface area contributed by atoms with Gasteiger partial charge in [-0.15, -0.1) is 0 Å². The van der Waals surface area contributed by atoms with E-state index in [1.165, 1.54) is 161 Å². The monoisotopic (exact) mass is 765 g/mol. The van der Waals surface area contributed by atoms with E-state index in [1.807, 2.05) is 0 Å². The van der Waals surface area contributed by atoms with Gasteiger partial charge in [0.1, 0.15) is 13.2 Å². The lowest BCUT2D eigenvalue weighted by atomic mass is 9.99. The summed E-state index contributed by atoms with van der Waals surface area (Å²) in [4.78, 5) is 37.7. The van der Waals surface area contributed by atoms with E-state index in [0.29, 0.717) is 19.3 Å². The summed E-state index contributed by atoms with van der Waals surface area (Å²) < 4.78 is 16.7. The minimum absolute atomic E-state index is 0.0636. The third kappa shape index (κ3) is 40.1. The van der Waals surface area contributed by atoms with Crippen LogP contribution >= 0.6 is 0 Å². The zero-order valence-corrected chi connectivity index (χ0v) is 36.7. The smallest absolute Gasteiger partial charge is 0.306 e. The fraction of sp³-hybridized carbons (Fsp3) is 0.938. The van der Waals surface area contributed by atoms with Crippen LogP contribution in [0.3, 0.4) is 0 Å². The number of ether oxygens (including phenoxy) is 3. The first-order chi connectivity index (χ1) is 26.4. The molecule has 6 heteroatoms. The van der Waals surface area contributed by atoms with Crippen molar-refractivity contribution < 1.29 is 28.6 Å². The Morgan fingerprint density at radius 1 is 0.370 bits per heavy atom. The van der Waals surface area contributed by atoms with Crippen molar-refractivity contribution in [2.45, 2.75) is 271 Å². The van der Waals surface area contributed by atoms with Crippen LogP contribution in [0.5, 0.6) is 0 Å². The van der Waals surface area contributed by atoms with E-state index < -0.39 is 6.10 Å². The normalized spacial score (nSPS) is 12.4. The molecule has 0 aliphatic heterocycles. The van der Waals surface area contributed by atoms with Crippen molar-refractivity contribution >= 4 is 17.9 Å². The molecule has 320 valence electrons. The molecular formula is C48H92O6. The van der Waals surface area contributed by atoms with E-state index in [0.717, 1.165) is 63.7 Å². The van der Waals surface area contributed by atoms with Crippen LogP contribution in [0.15, 0.2) is 0 Å². The predicted octanol–water partition coefficient (Wildman–Crippen LogP) is 15.1. The Morgan fingerprint density at radius 2 is 0.648 bits per heavy atom. The van der Waals surface area contributed by atoms with Gasteiger partial charge in [0.25, 0.3) is 0 Å². The van der Waals surface area contributed by atoms with Crippen LogP contribution in [0.2, 0.25) is 0 Å². The second-order valence-corrected chi connectivity index (χ2v) is 16.6. The van der Waals surface area contributed by atoms with Gasteiger partial charge in [0.15, 0.2) is 6.10 Å². The maximum Gasteiger partial charge on any atom is 0.306 e. The molecule has 0 rings (SSSR count). The number of hydrogen-bond acceptors (Lipinski definition) is 6. The highest BCUT2D eigenvalue weighted by atomic mass is 16.6. The molecule has 1 unspecified atom stereocenters. The quantitative estimate of drug-likeness (QED) is 0.0349. The highest BCUT2D eigenvalue weighted by molar-refractivity contribution is 5.71. The Kier molecular flexibility index (Phi) is 41.3. The van der Waals surface area contributed by atoms with Crippen LogP contribution in [0.25, 0.3) is 0 Å². The Balaban J connectivity index is 4.29. The van der Waals surface area contributed by atoms with Gasteiger partial charge in [0, 0.05) is 19.3 Å². The highest BCUT2D eigenvalue weighted by Gasteiger charge is 2.19. The molecule has 0 saturated carbocycles. The molecule has 0 fully saturated rings. The van der Waals surface area contributed by atoms with Gasteiger partial charge in [-0.1, -0.05) is 227 Å². The van der Waals surface area contributed by atoms with Crippen molar-refractivity contribution in [3.63, 3.8) is 0 Å². The lowest BCUT2D eigenvalue weighted by Crippen LogP contribution is -2.30. The standard InChI is InChI=1S/C48H92O6/c1-5-8-10-12-14-16-17-18-19-24-27-31-35-39-46(49)52-42-45(54-48(51)41-37-33-29-22-15-13-11-9-6-2)43-53-47(50)40-36-32-28-25-21-20-23-26-30-34-38-44(4)7-3/h44-45H,5-43H2,1-4H3/t44?,45-/m0/s1. The van der Waals surface area contributed by atoms with Crippen LogP contribution in [0.4, 0.5) is 0 Å². The van der Waals surface area contributed by atoms with Gasteiger partial charge in [0.2, 0.25) is 0 Å². The molecule has 0 amide bonds. The summed E-state index contributed by atoms with van der Waals surface area (Å²) in [7, 11) is 0. The zero-order chi connectivity index (χ0) is 39.6. The molecular weight excluding hydrogens is 673 g/mol. The number of hydrogen-bond donors (Lipinski definition) is 0. The molecule has 0 bridgehead atoms. The van der Waals surface area contributed by atoms with Gasteiger partial charge in [-0.25, -0.2) is 0 Å². The van der Waals surface area contributed by atoms with Gasteiger partial charge >= 0.3 is 17.9 Å². The largest absolute Gasteiger partial charge is 0.462 e. The van der Waals surface area contributed by atoms with E-state index in [1.54, 1.807) is 0 Å². The molecule has 0 aromatic heterocycles. The second-order valence-electron chi connectivity index (χ2n) is 16.6. The molecule has 54 heavy (non-hydrogen) atoms. The van der Waals surface area contributed by atoms with Gasteiger partial charge in [0.05, 0.1) is 0 Å². The van der Waals surface area contributed by atoms with Crippen LogP contribution in [0.1, 0.15) is 265 Å². The van der Waals surface area contributed by atoms with E-state index in [9.17, 15) is 14.4 Å². The Hall–Kier alpha value is -1.59. The molecule has 6 nitrogen and oxygen atoms in total. The lowest BCUT2D eigenvalue weighted by molar-refractivity contribution is -0.167. The van der Waals surface area contributed by atoms with E-state index in [-0.39, 0.29) is 31.1 Å². The summed E-state index contributed by atoms with van der Waals surface area (Å²) >= 11 is 0. The third-order valence-electron chi connectivity index (χ3n) is 11.2.